The molecule has 0 bridgehead atoms. The number of halogens is 1. The molecule has 4 aromatic rings. The van der Waals surface area contributed by atoms with E-state index in [2.05, 4.69) is 20.3 Å². The number of imidazole rings is 1. The SMILES string of the molecule is CCn1c([C@H](C)Nc2cc(N)ncn2)nc2ccc(F)c(-c3ccccn3)c21. The third-order valence-corrected chi connectivity index (χ3v) is 4.56. The number of nitrogens with two attached hydrogens (primary N) is 1. The first-order valence-electron chi connectivity index (χ1n) is 9.02. The molecule has 4 rings (SSSR count). The van der Waals surface area contributed by atoms with Crippen LogP contribution in [0.3, 0.4) is 0 Å². The van der Waals surface area contributed by atoms with Crippen molar-refractivity contribution < 1.29 is 4.39 Å². The summed E-state index contributed by atoms with van der Waals surface area (Å²) in [5.74, 6) is 1.44. The third-order valence-electron chi connectivity index (χ3n) is 4.56. The van der Waals surface area contributed by atoms with Crippen LogP contribution in [0.5, 0.6) is 0 Å². The molecule has 0 saturated carbocycles. The van der Waals surface area contributed by atoms with E-state index in [9.17, 15) is 4.39 Å². The first-order chi connectivity index (χ1) is 13.6. The number of hydrogen-bond donors (Lipinski definition) is 2. The molecule has 0 fully saturated rings. The lowest BCUT2D eigenvalue weighted by molar-refractivity contribution is 0.629. The molecule has 28 heavy (non-hydrogen) atoms. The van der Waals surface area contributed by atoms with Gasteiger partial charge in [0, 0.05) is 18.8 Å². The molecular weight excluding hydrogens is 357 g/mol. The fourth-order valence-electron chi connectivity index (χ4n) is 3.36. The Hall–Kier alpha value is -3.55. The maximum Gasteiger partial charge on any atom is 0.134 e. The average Bonchev–Trinajstić information content (AvgIpc) is 3.07. The molecule has 0 aliphatic heterocycles. The van der Waals surface area contributed by atoms with Crippen LogP contribution < -0.4 is 11.1 Å². The highest BCUT2D eigenvalue weighted by atomic mass is 19.1. The number of pyridine rings is 1. The monoisotopic (exact) mass is 377 g/mol. The lowest BCUT2D eigenvalue weighted by atomic mass is 10.1. The Morgan fingerprint density at radius 2 is 2.04 bits per heavy atom. The summed E-state index contributed by atoms with van der Waals surface area (Å²) < 4.78 is 16.8. The number of benzene rings is 1. The van der Waals surface area contributed by atoms with Gasteiger partial charge in [0.25, 0.3) is 0 Å². The number of hydrogen-bond acceptors (Lipinski definition) is 6. The zero-order chi connectivity index (χ0) is 19.7. The number of rotatable bonds is 5. The average molecular weight is 377 g/mol. The van der Waals surface area contributed by atoms with Crippen LogP contribution in [0.15, 0.2) is 48.9 Å². The molecule has 7 nitrogen and oxygen atoms in total. The van der Waals surface area contributed by atoms with Gasteiger partial charge in [-0.05, 0) is 38.1 Å². The quantitative estimate of drug-likeness (QED) is 0.549. The minimum Gasteiger partial charge on any atom is -0.384 e. The minimum atomic E-state index is -0.323. The number of fused-ring (bicyclic) bond motifs is 1. The fourth-order valence-corrected chi connectivity index (χ4v) is 3.36. The zero-order valence-corrected chi connectivity index (χ0v) is 15.6. The van der Waals surface area contributed by atoms with Crippen molar-refractivity contribution >= 4 is 22.7 Å². The van der Waals surface area contributed by atoms with E-state index in [-0.39, 0.29) is 11.9 Å². The molecule has 0 amide bonds. The Bertz CT molecular complexity index is 1120. The zero-order valence-electron chi connectivity index (χ0n) is 15.6. The van der Waals surface area contributed by atoms with Crippen LogP contribution in [0.2, 0.25) is 0 Å². The van der Waals surface area contributed by atoms with Crippen molar-refractivity contribution in [3.8, 4) is 11.3 Å². The number of nitrogen functional groups attached to an aromatic ring is 1. The van der Waals surface area contributed by atoms with Crippen molar-refractivity contribution in [3.63, 3.8) is 0 Å². The molecule has 0 saturated heterocycles. The molecule has 0 unspecified atom stereocenters. The highest BCUT2D eigenvalue weighted by molar-refractivity contribution is 5.92. The molecule has 0 radical (unpaired) electrons. The van der Waals surface area contributed by atoms with E-state index in [1.807, 2.05) is 30.5 Å². The van der Waals surface area contributed by atoms with E-state index in [1.54, 1.807) is 24.4 Å². The fraction of sp³-hybridized carbons (Fsp3) is 0.200. The second-order valence-electron chi connectivity index (χ2n) is 6.41. The molecule has 3 aromatic heterocycles. The predicted molar refractivity (Wildman–Crippen MR) is 107 cm³/mol. The van der Waals surface area contributed by atoms with Gasteiger partial charge in [0.15, 0.2) is 0 Å². The number of nitrogens with zero attached hydrogens (tertiary/aromatic N) is 5. The van der Waals surface area contributed by atoms with Crippen LogP contribution in [0.4, 0.5) is 16.0 Å². The standard InChI is InChI=1S/C20H20FN7/c1-3-28-19-15(8-7-13(21)18(19)14-6-4-5-9-23-14)27-20(28)12(2)26-17-10-16(22)24-11-25-17/h4-12H,3H2,1-2H3,(H3,22,24,25,26)/t12-/m0/s1. The normalized spacial score (nSPS) is 12.2. The van der Waals surface area contributed by atoms with Gasteiger partial charge in [0.1, 0.15) is 29.6 Å². The molecule has 8 heteroatoms. The topological polar surface area (TPSA) is 94.5 Å². The molecule has 142 valence electrons. The van der Waals surface area contributed by atoms with E-state index in [4.69, 9.17) is 10.7 Å². The third kappa shape index (κ3) is 3.13. The van der Waals surface area contributed by atoms with Gasteiger partial charge in [-0.2, -0.15) is 0 Å². The highest BCUT2D eigenvalue weighted by Gasteiger charge is 2.21. The minimum absolute atomic E-state index is 0.179. The molecule has 3 heterocycles. The molecule has 0 aliphatic rings. The van der Waals surface area contributed by atoms with Crippen LogP contribution in [0.1, 0.15) is 25.7 Å². The lowest BCUT2D eigenvalue weighted by Crippen LogP contribution is -2.14. The summed E-state index contributed by atoms with van der Waals surface area (Å²) in [5, 5.41) is 3.28. The molecule has 1 aromatic carbocycles. The van der Waals surface area contributed by atoms with Crippen LogP contribution in [0.25, 0.3) is 22.3 Å². The molecule has 1 atom stereocenters. The van der Waals surface area contributed by atoms with E-state index >= 15 is 0 Å². The Morgan fingerprint density at radius 1 is 1.18 bits per heavy atom. The first kappa shape index (κ1) is 17.8. The van der Waals surface area contributed by atoms with Crippen LogP contribution in [-0.2, 0) is 6.54 Å². The summed E-state index contributed by atoms with van der Waals surface area (Å²) in [4.78, 5) is 17.2. The number of anilines is 2. The Balaban J connectivity index is 1.84. The van der Waals surface area contributed by atoms with Gasteiger partial charge < -0.3 is 15.6 Å². The van der Waals surface area contributed by atoms with Crippen molar-refractivity contribution in [1.29, 1.82) is 0 Å². The van der Waals surface area contributed by atoms with Gasteiger partial charge >= 0.3 is 0 Å². The van der Waals surface area contributed by atoms with E-state index in [0.29, 0.717) is 29.4 Å². The largest absolute Gasteiger partial charge is 0.384 e. The van der Waals surface area contributed by atoms with Crippen molar-refractivity contribution in [2.45, 2.75) is 26.4 Å². The smallest absolute Gasteiger partial charge is 0.134 e. The Labute approximate surface area is 161 Å². The van der Waals surface area contributed by atoms with Gasteiger partial charge in [-0.15, -0.1) is 0 Å². The maximum absolute atomic E-state index is 14.8. The summed E-state index contributed by atoms with van der Waals surface area (Å²) in [5.41, 5.74) is 8.21. The van der Waals surface area contributed by atoms with Crippen molar-refractivity contribution in [3.05, 3.63) is 60.6 Å². The van der Waals surface area contributed by atoms with E-state index in [0.717, 1.165) is 16.9 Å². The van der Waals surface area contributed by atoms with Gasteiger partial charge in [-0.1, -0.05) is 6.07 Å². The lowest BCUT2D eigenvalue weighted by Gasteiger charge is -2.16. The van der Waals surface area contributed by atoms with Crippen LogP contribution >= 0.6 is 0 Å². The molecule has 3 N–H and O–H groups in total. The summed E-state index contributed by atoms with van der Waals surface area (Å²) in [7, 11) is 0. The van der Waals surface area contributed by atoms with Gasteiger partial charge in [-0.3, -0.25) is 4.98 Å². The molecule has 0 aliphatic carbocycles. The molecular formula is C20H20FN7. The number of aromatic nitrogens is 5. The molecule has 0 spiro atoms. The highest BCUT2D eigenvalue weighted by Crippen LogP contribution is 2.33. The maximum atomic E-state index is 14.8. The predicted octanol–water partition coefficient (Wildman–Crippen LogP) is 3.80. The van der Waals surface area contributed by atoms with Gasteiger partial charge in [-0.25, -0.2) is 19.3 Å². The van der Waals surface area contributed by atoms with Gasteiger partial charge in [0.05, 0.1) is 28.3 Å². The Kier molecular flexibility index (Phi) is 4.60. The van der Waals surface area contributed by atoms with Crippen molar-refractivity contribution in [2.24, 2.45) is 0 Å². The van der Waals surface area contributed by atoms with Crippen molar-refractivity contribution in [2.75, 3.05) is 11.1 Å². The van der Waals surface area contributed by atoms with Crippen molar-refractivity contribution in [1.82, 2.24) is 24.5 Å². The first-order valence-corrected chi connectivity index (χ1v) is 9.02. The summed E-state index contributed by atoms with van der Waals surface area (Å²) in [6, 6.07) is 10.1. The second kappa shape index (κ2) is 7.22. The second-order valence-corrected chi connectivity index (χ2v) is 6.41. The number of aryl methyl sites for hydroxylation is 1. The van der Waals surface area contributed by atoms with Crippen LogP contribution in [-0.4, -0.2) is 24.5 Å². The van der Waals surface area contributed by atoms with E-state index in [1.165, 1.54) is 12.4 Å². The number of nitrogens with one attached hydrogen (secondary N) is 1. The van der Waals surface area contributed by atoms with E-state index < -0.39 is 0 Å². The Morgan fingerprint density at radius 3 is 2.75 bits per heavy atom. The summed E-state index contributed by atoms with van der Waals surface area (Å²) >= 11 is 0. The summed E-state index contributed by atoms with van der Waals surface area (Å²) in [6.45, 7) is 4.61. The summed E-state index contributed by atoms with van der Waals surface area (Å²) in [6.07, 6.45) is 3.06. The van der Waals surface area contributed by atoms with Crippen LogP contribution in [0, 0.1) is 5.82 Å². The van der Waals surface area contributed by atoms with Gasteiger partial charge in [0.2, 0.25) is 0 Å².